The lowest BCUT2D eigenvalue weighted by molar-refractivity contribution is -0.135. The molecule has 3 aliphatic rings. The number of carbonyl (C=O) groups excluding carboxylic acids is 1. The second-order valence-electron chi connectivity index (χ2n) is 7.90. The van der Waals surface area contributed by atoms with Crippen LogP contribution in [0.2, 0.25) is 0 Å². The summed E-state index contributed by atoms with van der Waals surface area (Å²) in [4.78, 5) is 21.5. The SMILES string of the molecule is O=C(CCn1cncn1)N1C[C@H]2CC[C@@H]1CN(CCCc1ccccc1)C2. The summed E-state index contributed by atoms with van der Waals surface area (Å²) in [5, 5.41) is 4.10. The quantitative estimate of drug-likeness (QED) is 0.753. The van der Waals surface area contributed by atoms with Gasteiger partial charge in [0.1, 0.15) is 12.7 Å². The van der Waals surface area contributed by atoms with E-state index in [4.69, 9.17) is 0 Å². The second-order valence-corrected chi connectivity index (χ2v) is 7.90. The first kappa shape index (κ1) is 18.2. The lowest BCUT2D eigenvalue weighted by atomic mass is 9.94. The Morgan fingerprint density at radius 2 is 1.96 bits per heavy atom. The van der Waals surface area contributed by atoms with Gasteiger partial charge >= 0.3 is 0 Å². The first-order valence-corrected chi connectivity index (χ1v) is 10.2. The van der Waals surface area contributed by atoms with Gasteiger partial charge in [-0.05, 0) is 43.7 Å². The van der Waals surface area contributed by atoms with Gasteiger partial charge < -0.3 is 9.80 Å². The molecule has 1 aromatic carbocycles. The summed E-state index contributed by atoms with van der Waals surface area (Å²) >= 11 is 0. The van der Waals surface area contributed by atoms with Gasteiger partial charge in [-0.3, -0.25) is 9.48 Å². The van der Waals surface area contributed by atoms with E-state index in [0.717, 1.165) is 39.0 Å². The number of rotatable bonds is 7. The molecule has 3 fully saturated rings. The summed E-state index contributed by atoms with van der Waals surface area (Å²) in [6.45, 7) is 4.84. The molecule has 6 heteroatoms. The Morgan fingerprint density at radius 3 is 2.78 bits per heavy atom. The van der Waals surface area contributed by atoms with E-state index >= 15 is 0 Å². The van der Waals surface area contributed by atoms with Crippen LogP contribution in [0.15, 0.2) is 43.0 Å². The molecule has 0 spiro atoms. The third-order valence-corrected chi connectivity index (χ3v) is 5.91. The van der Waals surface area contributed by atoms with Crippen molar-refractivity contribution in [3.63, 3.8) is 0 Å². The fourth-order valence-electron chi connectivity index (χ4n) is 4.52. The molecule has 0 aliphatic carbocycles. The topological polar surface area (TPSA) is 54.3 Å². The average molecular weight is 367 g/mol. The van der Waals surface area contributed by atoms with E-state index in [2.05, 4.69) is 50.2 Å². The molecule has 2 atom stereocenters. The number of nitrogens with zero attached hydrogens (tertiary/aromatic N) is 5. The van der Waals surface area contributed by atoms with E-state index in [1.807, 2.05) is 0 Å². The number of hydrogen-bond donors (Lipinski definition) is 0. The Kier molecular flexibility index (Phi) is 5.82. The molecule has 0 saturated carbocycles. The summed E-state index contributed by atoms with van der Waals surface area (Å²) < 4.78 is 1.74. The van der Waals surface area contributed by atoms with Crippen LogP contribution < -0.4 is 0 Å². The zero-order valence-corrected chi connectivity index (χ0v) is 15.9. The van der Waals surface area contributed by atoms with Crippen LogP contribution in [0.3, 0.4) is 0 Å². The highest BCUT2D eigenvalue weighted by Crippen LogP contribution is 2.28. The molecule has 1 amide bonds. The number of aryl methyl sites for hydroxylation is 2. The molecule has 3 aliphatic heterocycles. The van der Waals surface area contributed by atoms with Gasteiger partial charge in [0.05, 0.1) is 6.54 Å². The smallest absolute Gasteiger partial charge is 0.224 e. The predicted octanol–water partition coefficient (Wildman–Crippen LogP) is 2.22. The molecule has 27 heavy (non-hydrogen) atoms. The number of carbonyl (C=O) groups is 1. The van der Waals surface area contributed by atoms with Crippen LogP contribution in [0.25, 0.3) is 0 Å². The maximum absolute atomic E-state index is 12.8. The van der Waals surface area contributed by atoms with Crippen molar-refractivity contribution in [3.8, 4) is 0 Å². The van der Waals surface area contributed by atoms with Crippen molar-refractivity contribution in [2.24, 2.45) is 5.92 Å². The number of amides is 1. The molecule has 144 valence electrons. The third-order valence-electron chi connectivity index (χ3n) is 5.91. The van der Waals surface area contributed by atoms with Gasteiger partial charge in [0.15, 0.2) is 0 Å². The summed E-state index contributed by atoms with van der Waals surface area (Å²) in [6, 6.07) is 11.1. The first-order chi connectivity index (χ1) is 13.3. The van der Waals surface area contributed by atoms with Crippen molar-refractivity contribution in [2.45, 2.75) is 44.7 Å². The van der Waals surface area contributed by atoms with Gasteiger partial charge in [-0.25, -0.2) is 4.98 Å². The standard InChI is InChI=1S/C21H29N5O/c27-21(10-12-25-17-22-16-23-25)26-14-19-8-9-20(26)15-24(13-19)11-4-7-18-5-2-1-3-6-18/h1-3,5-6,16-17,19-20H,4,7-15H2/t19-,20+/m0/s1. The second kappa shape index (κ2) is 8.65. The van der Waals surface area contributed by atoms with E-state index in [9.17, 15) is 4.79 Å². The van der Waals surface area contributed by atoms with Crippen LogP contribution in [0.4, 0.5) is 0 Å². The van der Waals surface area contributed by atoms with E-state index in [1.165, 1.54) is 24.7 Å². The molecule has 5 rings (SSSR count). The van der Waals surface area contributed by atoms with Crippen molar-refractivity contribution in [1.29, 1.82) is 0 Å². The molecule has 0 unspecified atom stereocenters. The lowest BCUT2D eigenvalue weighted by Crippen LogP contribution is -2.47. The van der Waals surface area contributed by atoms with Gasteiger partial charge in [-0.15, -0.1) is 0 Å². The van der Waals surface area contributed by atoms with Crippen LogP contribution in [-0.2, 0) is 17.8 Å². The van der Waals surface area contributed by atoms with E-state index in [0.29, 0.717) is 24.9 Å². The summed E-state index contributed by atoms with van der Waals surface area (Å²) in [5.41, 5.74) is 1.42. The van der Waals surface area contributed by atoms with Crippen molar-refractivity contribution in [1.82, 2.24) is 24.6 Å². The Bertz CT molecular complexity index is 717. The van der Waals surface area contributed by atoms with Crippen LogP contribution in [-0.4, -0.2) is 62.7 Å². The van der Waals surface area contributed by atoms with Crippen molar-refractivity contribution in [3.05, 3.63) is 48.5 Å². The number of fused-ring (bicyclic) bond motifs is 4. The molecule has 6 nitrogen and oxygen atoms in total. The lowest BCUT2D eigenvalue weighted by Gasteiger charge is -2.36. The van der Waals surface area contributed by atoms with Crippen LogP contribution in [0.5, 0.6) is 0 Å². The number of benzene rings is 1. The van der Waals surface area contributed by atoms with Crippen LogP contribution in [0.1, 0.15) is 31.2 Å². The maximum Gasteiger partial charge on any atom is 0.224 e. The minimum absolute atomic E-state index is 0.270. The van der Waals surface area contributed by atoms with Crippen molar-refractivity contribution in [2.75, 3.05) is 26.2 Å². The normalized spacial score (nSPS) is 22.7. The fourth-order valence-corrected chi connectivity index (χ4v) is 4.52. The zero-order valence-electron chi connectivity index (χ0n) is 15.9. The summed E-state index contributed by atoms with van der Waals surface area (Å²) in [7, 11) is 0. The van der Waals surface area contributed by atoms with E-state index in [1.54, 1.807) is 11.0 Å². The first-order valence-electron chi connectivity index (χ1n) is 10.2. The fraction of sp³-hybridized carbons (Fsp3) is 0.571. The van der Waals surface area contributed by atoms with E-state index < -0.39 is 0 Å². The average Bonchev–Trinajstić information content (AvgIpc) is 3.06. The van der Waals surface area contributed by atoms with Crippen molar-refractivity contribution >= 4 is 5.91 Å². The van der Waals surface area contributed by atoms with Crippen LogP contribution in [0, 0.1) is 5.92 Å². The molecular formula is C21H29N5O. The minimum atomic E-state index is 0.270. The van der Waals surface area contributed by atoms with Gasteiger partial charge in [-0.2, -0.15) is 5.10 Å². The highest BCUT2D eigenvalue weighted by atomic mass is 16.2. The van der Waals surface area contributed by atoms with Crippen molar-refractivity contribution < 1.29 is 4.79 Å². The number of hydrogen-bond acceptors (Lipinski definition) is 4. The molecule has 2 aromatic rings. The van der Waals surface area contributed by atoms with Gasteiger partial charge in [0, 0.05) is 32.1 Å². The summed E-state index contributed by atoms with van der Waals surface area (Å²) in [5.74, 6) is 0.891. The Balaban J connectivity index is 1.28. The third kappa shape index (κ3) is 4.75. The number of aromatic nitrogens is 3. The zero-order chi connectivity index (χ0) is 18.5. The Labute approximate surface area is 161 Å². The molecule has 2 bridgehead atoms. The highest BCUT2D eigenvalue weighted by Gasteiger charge is 2.36. The largest absolute Gasteiger partial charge is 0.338 e. The Morgan fingerprint density at radius 1 is 1.07 bits per heavy atom. The molecule has 1 aromatic heterocycles. The molecule has 0 N–H and O–H groups in total. The predicted molar refractivity (Wildman–Crippen MR) is 104 cm³/mol. The monoisotopic (exact) mass is 367 g/mol. The molecule has 3 saturated heterocycles. The molecular weight excluding hydrogens is 338 g/mol. The van der Waals surface area contributed by atoms with E-state index in [-0.39, 0.29) is 5.91 Å². The molecule has 0 radical (unpaired) electrons. The van der Waals surface area contributed by atoms with Crippen LogP contribution >= 0.6 is 0 Å². The number of piperidine rings is 1. The highest BCUT2D eigenvalue weighted by molar-refractivity contribution is 5.76. The van der Waals surface area contributed by atoms with Gasteiger partial charge in [0.2, 0.25) is 5.91 Å². The molecule has 4 heterocycles. The van der Waals surface area contributed by atoms with Gasteiger partial charge in [0.25, 0.3) is 0 Å². The van der Waals surface area contributed by atoms with Gasteiger partial charge in [-0.1, -0.05) is 30.3 Å². The minimum Gasteiger partial charge on any atom is -0.338 e. The Hall–Kier alpha value is -2.21. The summed E-state index contributed by atoms with van der Waals surface area (Å²) in [6.07, 6.45) is 8.43. The maximum atomic E-state index is 12.8.